The zero-order chi connectivity index (χ0) is 10.7. The Kier molecular flexibility index (Phi) is 4.67. The van der Waals surface area contributed by atoms with E-state index in [1.165, 1.54) is 11.3 Å². The van der Waals surface area contributed by atoms with E-state index in [1.54, 1.807) is 0 Å². The summed E-state index contributed by atoms with van der Waals surface area (Å²) in [6.45, 7) is 4.02. The van der Waals surface area contributed by atoms with Crippen molar-refractivity contribution in [2.24, 2.45) is 0 Å². The standard InChI is InChI=1S/C9H13Cl2NOS/c1-5(4-13)12-6(2)7-3-8(10)14-9(7)11/h3,5-6,12-13H,4H2,1-2H3/t5-,6?/m0/s1. The van der Waals surface area contributed by atoms with Crippen LogP contribution in [-0.2, 0) is 0 Å². The number of halogens is 2. The van der Waals surface area contributed by atoms with Crippen LogP contribution in [0.5, 0.6) is 0 Å². The first kappa shape index (κ1) is 12.3. The van der Waals surface area contributed by atoms with Crippen molar-refractivity contribution in [1.29, 1.82) is 0 Å². The molecule has 1 aromatic rings. The van der Waals surface area contributed by atoms with Gasteiger partial charge in [-0.25, -0.2) is 0 Å². The lowest BCUT2D eigenvalue weighted by atomic mass is 10.1. The predicted octanol–water partition coefficient (Wildman–Crippen LogP) is 3.09. The van der Waals surface area contributed by atoms with Crippen molar-refractivity contribution >= 4 is 34.5 Å². The van der Waals surface area contributed by atoms with Gasteiger partial charge in [0.2, 0.25) is 0 Å². The molecule has 14 heavy (non-hydrogen) atoms. The Bertz CT molecular complexity index is 303. The molecule has 2 nitrogen and oxygen atoms in total. The summed E-state index contributed by atoms with van der Waals surface area (Å²) in [4.78, 5) is 0. The molecule has 0 aliphatic rings. The molecule has 80 valence electrons. The zero-order valence-corrected chi connectivity index (χ0v) is 10.4. The molecular formula is C9H13Cl2NOS. The van der Waals surface area contributed by atoms with E-state index >= 15 is 0 Å². The van der Waals surface area contributed by atoms with Gasteiger partial charge in [0.25, 0.3) is 0 Å². The Hall–Kier alpha value is 0.200. The minimum Gasteiger partial charge on any atom is -0.395 e. The quantitative estimate of drug-likeness (QED) is 0.865. The normalized spacial score (nSPS) is 15.5. The molecule has 0 aliphatic carbocycles. The third-order valence-electron chi connectivity index (χ3n) is 1.96. The summed E-state index contributed by atoms with van der Waals surface area (Å²) in [5, 5.41) is 12.1. The lowest BCUT2D eigenvalue weighted by Crippen LogP contribution is -2.31. The number of hydrogen-bond donors (Lipinski definition) is 2. The SMILES string of the molecule is CC(N[C@@H](C)CO)c1cc(Cl)sc1Cl. The molecule has 2 N–H and O–H groups in total. The van der Waals surface area contributed by atoms with Crippen molar-refractivity contribution < 1.29 is 5.11 Å². The third-order valence-corrected chi connectivity index (χ3v) is 3.48. The second kappa shape index (κ2) is 5.33. The second-order valence-electron chi connectivity index (χ2n) is 3.25. The number of hydrogen-bond acceptors (Lipinski definition) is 3. The highest BCUT2D eigenvalue weighted by Crippen LogP contribution is 2.34. The Labute approximate surface area is 97.8 Å². The van der Waals surface area contributed by atoms with Gasteiger partial charge in [0.15, 0.2) is 0 Å². The van der Waals surface area contributed by atoms with Crippen LogP contribution in [0.2, 0.25) is 8.67 Å². The van der Waals surface area contributed by atoms with Gasteiger partial charge in [-0.15, -0.1) is 11.3 Å². The molecular weight excluding hydrogens is 241 g/mol. The molecule has 1 aromatic heterocycles. The highest BCUT2D eigenvalue weighted by Gasteiger charge is 2.14. The molecule has 0 saturated heterocycles. The predicted molar refractivity (Wildman–Crippen MR) is 62.4 cm³/mol. The van der Waals surface area contributed by atoms with Crippen molar-refractivity contribution in [3.05, 3.63) is 20.3 Å². The lowest BCUT2D eigenvalue weighted by Gasteiger charge is -2.17. The monoisotopic (exact) mass is 253 g/mol. The molecule has 0 fully saturated rings. The smallest absolute Gasteiger partial charge is 0.0991 e. The van der Waals surface area contributed by atoms with Crippen molar-refractivity contribution in [2.75, 3.05) is 6.61 Å². The first-order valence-electron chi connectivity index (χ1n) is 4.36. The zero-order valence-electron chi connectivity index (χ0n) is 8.05. The van der Waals surface area contributed by atoms with Gasteiger partial charge in [0, 0.05) is 12.1 Å². The fourth-order valence-electron chi connectivity index (χ4n) is 1.22. The molecule has 0 aliphatic heterocycles. The van der Waals surface area contributed by atoms with Gasteiger partial charge in [-0.2, -0.15) is 0 Å². The minimum atomic E-state index is 0.0553. The van der Waals surface area contributed by atoms with Crippen LogP contribution in [0.4, 0.5) is 0 Å². The summed E-state index contributed by atoms with van der Waals surface area (Å²) in [6, 6.07) is 2.02. The van der Waals surface area contributed by atoms with Crippen LogP contribution in [0.3, 0.4) is 0 Å². The third kappa shape index (κ3) is 3.11. The minimum absolute atomic E-state index is 0.0553. The van der Waals surface area contributed by atoms with Crippen LogP contribution >= 0.6 is 34.5 Å². The van der Waals surface area contributed by atoms with Gasteiger partial charge in [0.05, 0.1) is 15.3 Å². The molecule has 2 atom stereocenters. The van der Waals surface area contributed by atoms with Crippen molar-refractivity contribution in [2.45, 2.75) is 25.9 Å². The Balaban J connectivity index is 2.69. The van der Waals surface area contributed by atoms with E-state index in [0.717, 1.165) is 5.56 Å². The maximum atomic E-state index is 8.89. The Morgan fingerprint density at radius 1 is 1.50 bits per heavy atom. The summed E-state index contributed by atoms with van der Waals surface area (Å²) >= 11 is 13.2. The summed E-state index contributed by atoms with van der Waals surface area (Å²) in [6.07, 6.45) is 0. The van der Waals surface area contributed by atoms with E-state index in [1.807, 2.05) is 19.9 Å². The van der Waals surface area contributed by atoms with E-state index in [2.05, 4.69) is 5.32 Å². The molecule has 1 heterocycles. The molecule has 1 unspecified atom stereocenters. The Morgan fingerprint density at radius 2 is 2.14 bits per heavy atom. The molecule has 0 bridgehead atoms. The van der Waals surface area contributed by atoms with Crippen molar-refractivity contribution in [1.82, 2.24) is 5.32 Å². The molecule has 0 amide bonds. The largest absolute Gasteiger partial charge is 0.395 e. The van der Waals surface area contributed by atoms with Crippen molar-refractivity contribution in [3.63, 3.8) is 0 Å². The number of thiophene rings is 1. The summed E-state index contributed by atoms with van der Waals surface area (Å²) < 4.78 is 1.40. The summed E-state index contributed by atoms with van der Waals surface area (Å²) in [7, 11) is 0. The highest BCUT2D eigenvalue weighted by molar-refractivity contribution is 7.20. The average molecular weight is 254 g/mol. The van der Waals surface area contributed by atoms with E-state index in [-0.39, 0.29) is 18.7 Å². The van der Waals surface area contributed by atoms with Gasteiger partial charge < -0.3 is 10.4 Å². The van der Waals surface area contributed by atoms with Crippen LogP contribution < -0.4 is 5.32 Å². The maximum Gasteiger partial charge on any atom is 0.0991 e. The van der Waals surface area contributed by atoms with Crippen LogP contribution in [0.1, 0.15) is 25.5 Å². The van der Waals surface area contributed by atoms with Gasteiger partial charge in [-0.3, -0.25) is 0 Å². The number of aliphatic hydroxyl groups is 1. The molecule has 0 radical (unpaired) electrons. The van der Waals surface area contributed by atoms with Gasteiger partial charge >= 0.3 is 0 Å². The van der Waals surface area contributed by atoms with Gasteiger partial charge in [0.1, 0.15) is 0 Å². The molecule has 5 heteroatoms. The van der Waals surface area contributed by atoms with Crippen LogP contribution in [0, 0.1) is 0 Å². The van der Waals surface area contributed by atoms with E-state index in [9.17, 15) is 0 Å². The van der Waals surface area contributed by atoms with Crippen LogP contribution in [-0.4, -0.2) is 17.8 Å². The van der Waals surface area contributed by atoms with Gasteiger partial charge in [-0.05, 0) is 25.5 Å². The first-order chi connectivity index (χ1) is 6.54. The summed E-state index contributed by atoms with van der Waals surface area (Å²) in [5.41, 5.74) is 0.988. The van der Waals surface area contributed by atoms with Gasteiger partial charge in [-0.1, -0.05) is 23.2 Å². The fraction of sp³-hybridized carbons (Fsp3) is 0.556. The van der Waals surface area contributed by atoms with Crippen molar-refractivity contribution in [3.8, 4) is 0 Å². The van der Waals surface area contributed by atoms with E-state index in [4.69, 9.17) is 28.3 Å². The van der Waals surface area contributed by atoms with Crippen LogP contribution in [0.15, 0.2) is 6.07 Å². The summed E-state index contributed by atoms with van der Waals surface area (Å²) in [5.74, 6) is 0. The Morgan fingerprint density at radius 3 is 2.57 bits per heavy atom. The molecule has 0 spiro atoms. The number of rotatable bonds is 4. The molecule has 0 saturated carbocycles. The highest BCUT2D eigenvalue weighted by atomic mass is 35.5. The average Bonchev–Trinajstić information content (AvgIpc) is 2.45. The lowest BCUT2D eigenvalue weighted by molar-refractivity contribution is 0.243. The fourth-order valence-corrected chi connectivity index (χ4v) is 2.86. The van der Waals surface area contributed by atoms with Crippen LogP contribution in [0.25, 0.3) is 0 Å². The van der Waals surface area contributed by atoms with E-state index < -0.39 is 0 Å². The maximum absolute atomic E-state index is 8.89. The number of aliphatic hydroxyl groups excluding tert-OH is 1. The molecule has 1 rings (SSSR count). The second-order valence-corrected chi connectivity index (χ2v) is 5.54. The first-order valence-corrected chi connectivity index (χ1v) is 5.93. The molecule has 0 aromatic carbocycles. The number of nitrogens with one attached hydrogen (secondary N) is 1. The topological polar surface area (TPSA) is 32.3 Å². The van der Waals surface area contributed by atoms with E-state index in [0.29, 0.717) is 8.67 Å².